The molecule has 2 aromatic rings. The second-order valence-electron chi connectivity index (χ2n) is 2.85. The van der Waals surface area contributed by atoms with Crippen molar-refractivity contribution in [1.82, 2.24) is 20.3 Å². The summed E-state index contributed by atoms with van der Waals surface area (Å²) in [5, 5.41) is 11.3. The highest BCUT2D eigenvalue weighted by atomic mass is 16.5. The number of nitrogens with two attached hydrogens (primary N) is 1. The van der Waals surface area contributed by atoms with Gasteiger partial charge in [-0.25, -0.2) is 0 Å². The summed E-state index contributed by atoms with van der Waals surface area (Å²) in [6.45, 7) is 1.77. The zero-order chi connectivity index (χ0) is 9.97. The summed E-state index contributed by atoms with van der Waals surface area (Å²) < 4.78 is 4.93. The van der Waals surface area contributed by atoms with Crippen molar-refractivity contribution in [3.05, 3.63) is 24.2 Å². The lowest BCUT2D eigenvalue weighted by atomic mass is 10.3. The molecule has 0 bridgehead atoms. The van der Waals surface area contributed by atoms with Crippen LogP contribution in [0.3, 0.4) is 0 Å². The molecule has 2 heterocycles. The van der Waals surface area contributed by atoms with Gasteiger partial charge in [-0.05, 0) is 19.1 Å². The Labute approximate surface area is 80.2 Å². The van der Waals surface area contributed by atoms with Crippen molar-refractivity contribution in [2.45, 2.75) is 13.0 Å². The third-order valence-electron chi connectivity index (χ3n) is 1.63. The number of rotatable bonds is 2. The molecule has 0 aromatic carbocycles. The first-order valence-corrected chi connectivity index (χ1v) is 4.14. The van der Waals surface area contributed by atoms with Gasteiger partial charge in [0.15, 0.2) is 0 Å². The molecule has 0 aliphatic heterocycles. The predicted molar refractivity (Wildman–Crippen MR) is 47.9 cm³/mol. The molecule has 0 saturated carbocycles. The Kier molecular flexibility index (Phi) is 2.19. The van der Waals surface area contributed by atoms with Gasteiger partial charge in [0, 0.05) is 6.20 Å². The van der Waals surface area contributed by atoms with Crippen molar-refractivity contribution >= 4 is 0 Å². The molecule has 0 radical (unpaired) electrons. The average molecular weight is 191 g/mol. The van der Waals surface area contributed by atoms with E-state index in [2.05, 4.69) is 20.3 Å². The lowest BCUT2D eigenvalue weighted by Crippen LogP contribution is -2.04. The molecule has 0 fully saturated rings. The fraction of sp³-hybridized carbons (Fsp3) is 0.250. The van der Waals surface area contributed by atoms with Crippen LogP contribution in [0.5, 0.6) is 0 Å². The minimum atomic E-state index is -0.270. The van der Waals surface area contributed by atoms with Crippen LogP contribution in [0.25, 0.3) is 11.5 Å². The van der Waals surface area contributed by atoms with Crippen molar-refractivity contribution in [1.29, 1.82) is 0 Å². The molecule has 72 valence electrons. The Morgan fingerprint density at radius 2 is 2.36 bits per heavy atom. The maximum atomic E-state index is 5.57. The topological polar surface area (TPSA) is 90.7 Å². The second kappa shape index (κ2) is 3.51. The summed E-state index contributed by atoms with van der Waals surface area (Å²) in [6, 6.07) is 3.24. The highest BCUT2D eigenvalue weighted by Crippen LogP contribution is 2.13. The van der Waals surface area contributed by atoms with Crippen LogP contribution in [0.1, 0.15) is 18.9 Å². The summed E-state index contributed by atoms with van der Waals surface area (Å²) in [4.78, 5) is 4.07. The van der Waals surface area contributed by atoms with Crippen molar-refractivity contribution in [3.8, 4) is 11.5 Å². The lowest BCUT2D eigenvalue weighted by Gasteiger charge is -1.92. The van der Waals surface area contributed by atoms with Gasteiger partial charge in [0.1, 0.15) is 5.69 Å². The molecule has 0 amide bonds. The molecule has 0 spiro atoms. The minimum absolute atomic E-state index is 0.270. The van der Waals surface area contributed by atoms with E-state index in [4.69, 9.17) is 10.3 Å². The molecule has 0 aliphatic carbocycles. The highest BCUT2D eigenvalue weighted by molar-refractivity contribution is 5.46. The molecule has 1 unspecified atom stereocenters. The fourth-order valence-electron chi connectivity index (χ4n) is 0.945. The molecular weight excluding hydrogens is 182 g/mol. The van der Waals surface area contributed by atoms with Crippen molar-refractivity contribution in [3.63, 3.8) is 0 Å². The van der Waals surface area contributed by atoms with Gasteiger partial charge < -0.3 is 10.3 Å². The molecule has 2 N–H and O–H groups in total. The smallest absolute Gasteiger partial charge is 0.243 e. The SMILES string of the molecule is CC(N)c1nc(-c2cccnn2)no1. The van der Waals surface area contributed by atoms with Crippen LogP contribution in [0.15, 0.2) is 22.9 Å². The fourth-order valence-corrected chi connectivity index (χ4v) is 0.945. The Morgan fingerprint density at radius 1 is 1.50 bits per heavy atom. The Bertz CT molecular complexity index is 411. The van der Waals surface area contributed by atoms with E-state index in [1.807, 2.05) is 0 Å². The third-order valence-corrected chi connectivity index (χ3v) is 1.63. The predicted octanol–water partition coefficient (Wildman–Crippen LogP) is 0.546. The van der Waals surface area contributed by atoms with Gasteiger partial charge >= 0.3 is 0 Å². The van der Waals surface area contributed by atoms with E-state index in [1.165, 1.54) is 0 Å². The van der Waals surface area contributed by atoms with Crippen LogP contribution >= 0.6 is 0 Å². The molecule has 1 atom stereocenters. The van der Waals surface area contributed by atoms with E-state index >= 15 is 0 Å². The number of aromatic nitrogens is 4. The van der Waals surface area contributed by atoms with Crippen LogP contribution in [0.2, 0.25) is 0 Å². The zero-order valence-electron chi connectivity index (χ0n) is 7.58. The van der Waals surface area contributed by atoms with E-state index in [0.29, 0.717) is 17.4 Å². The molecule has 6 heteroatoms. The third kappa shape index (κ3) is 1.60. The first-order valence-electron chi connectivity index (χ1n) is 4.14. The first-order chi connectivity index (χ1) is 6.77. The van der Waals surface area contributed by atoms with E-state index in [9.17, 15) is 0 Å². The molecular formula is C8H9N5O. The second-order valence-corrected chi connectivity index (χ2v) is 2.85. The summed E-state index contributed by atoms with van der Waals surface area (Å²) in [6.07, 6.45) is 1.58. The summed E-state index contributed by atoms with van der Waals surface area (Å²) >= 11 is 0. The normalized spacial score (nSPS) is 12.7. The summed E-state index contributed by atoms with van der Waals surface area (Å²) in [7, 11) is 0. The van der Waals surface area contributed by atoms with Crippen LogP contribution in [0, 0.1) is 0 Å². The monoisotopic (exact) mass is 191 g/mol. The maximum absolute atomic E-state index is 5.57. The summed E-state index contributed by atoms with van der Waals surface area (Å²) in [5.41, 5.74) is 6.15. The van der Waals surface area contributed by atoms with Crippen LogP contribution < -0.4 is 5.73 Å². The largest absolute Gasteiger partial charge is 0.337 e. The number of nitrogens with zero attached hydrogens (tertiary/aromatic N) is 4. The van der Waals surface area contributed by atoms with Gasteiger partial charge in [0.25, 0.3) is 0 Å². The number of hydrogen-bond donors (Lipinski definition) is 1. The van der Waals surface area contributed by atoms with Crippen molar-refractivity contribution in [2.24, 2.45) is 5.73 Å². The standard InChI is InChI=1S/C8H9N5O/c1-5(9)8-11-7(13-14-8)6-3-2-4-10-12-6/h2-5H,9H2,1H3. The Morgan fingerprint density at radius 3 is 2.93 bits per heavy atom. The number of hydrogen-bond acceptors (Lipinski definition) is 6. The highest BCUT2D eigenvalue weighted by Gasteiger charge is 2.12. The van der Waals surface area contributed by atoms with Gasteiger partial charge in [-0.15, -0.1) is 5.10 Å². The van der Waals surface area contributed by atoms with Crippen LogP contribution in [-0.2, 0) is 0 Å². The van der Waals surface area contributed by atoms with E-state index in [1.54, 1.807) is 25.3 Å². The Balaban J connectivity index is 2.34. The van der Waals surface area contributed by atoms with Gasteiger partial charge in [0.05, 0.1) is 6.04 Å². The molecule has 2 aromatic heterocycles. The maximum Gasteiger partial charge on any atom is 0.243 e. The van der Waals surface area contributed by atoms with E-state index in [0.717, 1.165) is 0 Å². The quantitative estimate of drug-likeness (QED) is 0.745. The minimum Gasteiger partial charge on any atom is -0.337 e. The molecule has 2 rings (SSSR count). The van der Waals surface area contributed by atoms with E-state index in [-0.39, 0.29) is 6.04 Å². The zero-order valence-corrected chi connectivity index (χ0v) is 7.58. The van der Waals surface area contributed by atoms with Crippen molar-refractivity contribution in [2.75, 3.05) is 0 Å². The van der Waals surface area contributed by atoms with Crippen molar-refractivity contribution < 1.29 is 4.52 Å². The molecule has 14 heavy (non-hydrogen) atoms. The van der Waals surface area contributed by atoms with Crippen LogP contribution in [-0.4, -0.2) is 20.3 Å². The van der Waals surface area contributed by atoms with E-state index < -0.39 is 0 Å². The lowest BCUT2D eigenvalue weighted by molar-refractivity contribution is 0.362. The van der Waals surface area contributed by atoms with Crippen LogP contribution in [0.4, 0.5) is 0 Å². The van der Waals surface area contributed by atoms with Gasteiger partial charge in [-0.2, -0.15) is 10.1 Å². The van der Waals surface area contributed by atoms with Gasteiger partial charge in [-0.1, -0.05) is 5.16 Å². The molecule has 6 nitrogen and oxygen atoms in total. The first kappa shape index (κ1) is 8.76. The Hall–Kier alpha value is -1.82. The molecule has 0 aliphatic rings. The summed E-state index contributed by atoms with van der Waals surface area (Å²) in [5.74, 6) is 0.802. The van der Waals surface area contributed by atoms with Gasteiger partial charge in [0.2, 0.25) is 11.7 Å². The molecule has 0 saturated heterocycles. The van der Waals surface area contributed by atoms with Gasteiger partial charge in [-0.3, -0.25) is 0 Å². The average Bonchev–Trinajstić information content (AvgIpc) is 2.68.